The van der Waals surface area contributed by atoms with E-state index in [-0.39, 0.29) is 0 Å². The Balaban J connectivity index is 2.40. The largest absolute Gasteiger partial charge is 0.462 e. The first-order chi connectivity index (χ1) is 7.35. The monoisotopic (exact) mass is 218 g/mol. The SMILES string of the molecule is CCCc1nc(-c2ccco2)sc1C#N. The lowest BCUT2D eigenvalue weighted by molar-refractivity contribution is 0.581. The quantitative estimate of drug-likeness (QED) is 0.794. The van der Waals surface area contributed by atoms with Crippen molar-refractivity contribution in [1.82, 2.24) is 4.98 Å². The Kier molecular flexibility index (Phi) is 2.84. The molecule has 0 radical (unpaired) electrons. The average molecular weight is 218 g/mol. The number of hydrogen-bond donors (Lipinski definition) is 0. The van der Waals surface area contributed by atoms with E-state index < -0.39 is 0 Å². The van der Waals surface area contributed by atoms with Gasteiger partial charge in [-0.05, 0) is 18.6 Å². The van der Waals surface area contributed by atoms with Gasteiger partial charge in [-0.1, -0.05) is 24.7 Å². The molecule has 2 heterocycles. The molecule has 0 saturated carbocycles. The fourth-order valence-electron chi connectivity index (χ4n) is 1.35. The van der Waals surface area contributed by atoms with E-state index in [4.69, 9.17) is 9.68 Å². The van der Waals surface area contributed by atoms with Crippen molar-refractivity contribution < 1.29 is 4.42 Å². The van der Waals surface area contributed by atoms with Gasteiger partial charge in [0.25, 0.3) is 0 Å². The molecule has 0 amide bonds. The standard InChI is InChI=1S/C11H10N2OS/c1-2-4-8-10(7-12)15-11(13-8)9-5-3-6-14-9/h3,5-6H,2,4H2,1H3. The van der Waals surface area contributed by atoms with Crippen LogP contribution in [0.1, 0.15) is 23.9 Å². The van der Waals surface area contributed by atoms with Gasteiger partial charge in [0, 0.05) is 0 Å². The van der Waals surface area contributed by atoms with E-state index in [0.29, 0.717) is 4.88 Å². The summed E-state index contributed by atoms with van der Waals surface area (Å²) < 4.78 is 5.25. The van der Waals surface area contributed by atoms with E-state index in [1.807, 2.05) is 12.1 Å². The molecule has 0 atom stereocenters. The van der Waals surface area contributed by atoms with Gasteiger partial charge >= 0.3 is 0 Å². The number of furan rings is 1. The second kappa shape index (κ2) is 4.28. The maximum atomic E-state index is 8.95. The van der Waals surface area contributed by atoms with Gasteiger partial charge in [-0.15, -0.1) is 0 Å². The minimum Gasteiger partial charge on any atom is -0.462 e. The van der Waals surface area contributed by atoms with Crippen LogP contribution in [-0.2, 0) is 6.42 Å². The van der Waals surface area contributed by atoms with Gasteiger partial charge in [-0.3, -0.25) is 0 Å². The number of rotatable bonds is 3. The zero-order valence-corrected chi connectivity index (χ0v) is 9.17. The van der Waals surface area contributed by atoms with Crippen LogP contribution in [0.5, 0.6) is 0 Å². The molecule has 2 rings (SSSR count). The van der Waals surface area contributed by atoms with Crippen molar-refractivity contribution in [2.24, 2.45) is 0 Å². The van der Waals surface area contributed by atoms with Gasteiger partial charge < -0.3 is 4.42 Å². The highest BCUT2D eigenvalue weighted by Crippen LogP contribution is 2.28. The first-order valence-electron chi connectivity index (χ1n) is 4.78. The van der Waals surface area contributed by atoms with Crippen LogP contribution < -0.4 is 0 Å². The molecule has 0 saturated heterocycles. The Bertz CT molecular complexity index is 479. The van der Waals surface area contributed by atoms with E-state index in [0.717, 1.165) is 29.3 Å². The molecule has 3 nitrogen and oxygen atoms in total. The van der Waals surface area contributed by atoms with E-state index >= 15 is 0 Å². The third-order valence-corrected chi connectivity index (χ3v) is 3.03. The number of hydrogen-bond acceptors (Lipinski definition) is 4. The lowest BCUT2D eigenvalue weighted by atomic mass is 10.2. The van der Waals surface area contributed by atoms with Gasteiger partial charge in [0.05, 0.1) is 12.0 Å². The molecule has 0 N–H and O–H groups in total. The van der Waals surface area contributed by atoms with Crippen LogP contribution in [-0.4, -0.2) is 4.98 Å². The molecule has 15 heavy (non-hydrogen) atoms. The fraction of sp³-hybridized carbons (Fsp3) is 0.273. The number of nitriles is 1. The Hall–Kier alpha value is -1.60. The minimum absolute atomic E-state index is 0.697. The van der Waals surface area contributed by atoms with Crippen LogP contribution in [0.4, 0.5) is 0 Å². The third-order valence-electron chi connectivity index (χ3n) is 2.02. The maximum absolute atomic E-state index is 8.95. The summed E-state index contributed by atoms with van der Waals surface area (Å²) in [5.41, 5.74) is 0.886. The van der Waals surface area contributed by atoms with E-state index in [1.54, 1.807) is 6.26 Å². The van der Waals surface area contributed by atoms with Crippen LogP contribution in [0.2, 0.25) is 0 Å². The first kappa shape index (κ1) is 9.94. The van der Waals surface area contributed by atoms with Crippen molar-refractivity contribution in [3.63, 3.8) is 0 Å². The normalized spacial score (nSPS) is 10.1. The summed E-state index contributed by atoms with van der Waals surface area (Å²) in [6, 6.07) is 5.86. The Morgan fingerprint density at radius 3 is 3.07 bits per heavy atom. The Morgan fingerprint density at radius 1 is 1.60 bits per heavy atom. The zero-order chi connectivity index (χ0) is 10.7. The smallest absolute Gasteiger partial charge is 0.162 e. The van der Waals surface area contributed by atoms with Crippen molar-refractivity contribution in [1.29, 1.82) is 5.26 Å². The maximum Gasteiger partial charge on any atom is 0.162 e. The molecule has 0 aromatic carbocycles. The molecule has 0 bridgehead atoms. The fourth-order valence-corrected chi connectivity index (χ4v) is 2.23. The van der Waals surface area contributed by atoms with Crippen molar-refractivity contribution >= 4 is 11.3 Å². The minimum atomic E-state index is 0.697. The first-order valence-corrected chi connectivity index (χ1v) is 5.60. The van der Waals surface area contributed by atoms with Crippen LogP contribution in [0.25, 0.3) is 10.8 Å². The molecule has 0 aliphatic carbocycles. The molecule has 0 spiro atoms. The average Bonchev–Trinajstić information content (AvgIpc) is 2.84. The number of thiazole rings is 1. The summed E-state index contributed by atoms with van der Waals surface area (Å²) in [5.74, 6) is 0.735. The predicted octanol–water partition coefficient (Wildman–Crippen LogP) is 3.23. The van der Waals surface area contributed by atoms with Gasteiger partial charge in [0.1, 0.15) is 10.9 Å². The highest BCUT2D eigenvalue weighted by molar-refractivity contribution is 7.15. The van der Waals surface area contributed by atoms with E-state index in [9.17, 15) is 0 Å². The topological polar surface area (TPSA) is 49.8 Å². The number of aryl methyl sites for hydroxylation is 1. The highest BCUT2D eigenvalue weighted by atomic mass is 32.1. The van der Waals surface area contributed by atoms with Crippen LogP contribution in [0.3, 0.4) is 0 Å². The molecule has 0 aliphatic rings. The van der Waals surface area contributed by atoms with Gasteiger partial charge in [-0.25, -0.2) is 4.98 Å². The van der Waals surface area contributed by atoms with Crippen molar-refractivity contribution in [2.75, 3.05) is 0 Å². The molecule has 0 aliphatic heterocycles. The van der Waals surface area contributed by atoms with Crippen LogP contribution in [0, 0.1) is 11.3 Å². The van der Waals surface area contributed by atoms with Crippen molar-refractivity contribution in [3.8, 4) is 16.8 Å². The molecular formula is C11H10N2OS. The number of nitrogens with zero attached hydrogens (tertiary/aromatic N) is 2. The van der Waals surface area contributed by atoms with E-state index in [2.05, 4.69) is 18.0 Å². The summed E-state index contributed by atoms with van der Waals surface area (Å²) in [6.07, 6.45) is 3.46. The summed E-state index contributed by atoms with van der Waals surface area (Å²) in [4.78, 5) is 5.11. The summed E-state index contributed by atoms with van der Waals surface area (Å²) in [6.45, 7) is 2.08. The molecule has 0 fully saturated rings. The number of aromatic nitrogens is 1. The lowest BCUT2D eigenvalue weighted by Gasteiger charge is -1.90. The molecule has 76 valence electrons. The van der Waals surface area contributed by atoms with E-state index in [1.165, 1.54) is 11.3 Å². The summed E-state index contributed by atoms with van der Waals surface area (Å²) in [5, 5.41) is 9.74. The lowest BCUT2D eigenvalue weighted by Crippen LogP contribution is -1.86. The molecule has 2 aromatic heterocycles. The van der Waals surface area contributed by atoms with Crippen molar-refractivity contribution in [2.45, 2.75) is 19.8 Å². The van der Waals surface area contributed by atoms with Gasteiger partial charge in [-0.2, -0.15) is 5.26 Å². The summed E-state index contributed by atoms with van der Waals surface area (Å²) >= 11 is 1.39. The molecule has 2 aromatic rings. The molecule has 0 unspecified atom stereocenters. The van der Waals surface area contributed by atoms with Crippen molar-refractivity contribution in [3.05, 3.63) is 29.0 Å². The second-order valence-electron chi connectivity index (χ2n) is 3.13. The van der Waals surface area contributed by atoms with Crippen LogP contribution >= 0.6 is 11.3 Å². The Morgan fingerprint density at radius 2 is 2.47 bits per heavy atom. The van der Waals surface area contributed by atoms with Crippen LogP contribution in [0.15, 0.2) is 22.8 Å². The molecule has 4 heteroatoms. The Labute approximate surface area is 92.0 Å². The molecular weight excluding hydrogens is 208 g/mol. The second-order valence-corrected chi connectivity index (χ2v) is 4.13. The van der Waals surface area contributed by atoms with Gasteiger partial charge in [0.2, 0.25) is 0 Å². The predicted molar refractivity (Wildman–Crippen MR) is 58.5 cm³/mol. The zero-order valence-electron chi connectivity index (χ0n) is 8.36. The third kappa shape index (κ3) is 1.92. The highest BCUT2D eigenvalue weighted by Gasteiger charge is 2.12. The summed E-state index contributed by atoms with van der Waals surface area (Å²) in [7, 11) is 0. The van der Waals surface area contributed by atoms with Gasteiger partial charge in [0.15, 0.2) is 10.8 Å².